The molecule has 33 heavy (non-hydrogen) atoms. The highest BCUT2D eigenvalue weighted by Gasteiger charge is 2.30. The number of anilines is 1. The molecule has 172 valence electrons. The molecule has 1 N–H and O–H groups in total. The summed E-state index contributed by atoms with van der Waals surface area (Å²) in [4.78, 5) is 12.4. The van der Waals surface area contributed by atoms with Gasteiger partial charge in [0.1, 0.15) is 22.1 Å². The zero-order valence-corrected chi connectivity index (χ0v) is 19.3. The first kappa shape index (κ1) is 23.1. The Hall–Kier alpha value is -3.07. The normalized spacial score (nSPS) is 14.1. The molecule has 1 fully saturated rings. The zero-order valence-electron chi connectivity index (χ0n) is 17.7. The molecular weight excluding hydrogens is 464 g/mol. The minimum atomic E-state index is -3.75. The number of ether oxygens (including phenoxy) is 2. The number of para-hydroxylation sites is 1. The van der Waals surface area contributed by atoms with Crippen LogP contribution in [0.5, 0.6) is 17.2 Å². The van der Waals surface area contributed by atoms with Crippen LogP contribution in [0.2, 0.25) is 5.02 Å². The Morgan fingerprint density at radius 1 is 0.939 bits per heavy atom. The summed E-state index contributed by atoms with van der Waals surface area (Å²) in [6.45, 7) is 0.559. The van der Waals surface area contributed by atoms with E-state index in [0.29, 0.717) is 30.3 Å². The molecule has 0 radical (unpaired) electrons. The van der Waals surface area contributed by atoms with E-state index < -0.39 is 15.9 Å². The number of carbonyl (C=O) groups excluding carboxylic acids is 1. The number of rotatable bonds is 8. The van der Waals surface area contributed by atoms with E-state index in [1.807, 2.05) is 30.3 Å². The monoisotopic (exact) mass is 486 g/mol. The lowest BCUT2D eigenvalue weighted by molar-refractivity contribution is -0.118. The minimum Gasteiger partial charge on any atom is -0.482 e. The minimum absolute atomic E-state index is 0.0351. The first-order chi connectivity index (χ1) is 15.9. The number of nitrogens with zero attached hydrogens (tertiary/aromatic N) is 1. The zero-order chi connectivity index (χ0) is 23.3. The fourth-order valence-corrected chi connectivity index (χ4v) is 5.35. The van der Waals surface area contributed by atoms with Crippen LogP contribution in [0.25, 0.3) is 0 Å². The number of halogens is 1. The highest BCUT2D eigenvalue weighted by molar-refractivity contribution is 7.89. The van der Waals surface area contributed by atoms with E-state index in [0.717, 1.165) is 12.8 Å². The van der Waals surface area contributed by atoms with Crippen molar-refractivity contribution in [1.82, 2.24) is 4.31 Å². The molecule has 0 unspecified atom stereocenters. The van der Waals surface area contributed by atoms with E-state index in [1.165, 1.54) is 22.5 Å². The van der Waals surface area contributed by atoms with E-state index >= 15 is 0 Å². The number of hydrogen-bond donors (Lipinski definition) is 1. The van der Waals surface area contributed by atoms with Gasteiger partial charge >= 0.3 is 0 Å². The van der Waals surface area contributed by atoms with Crippen LogP contribution in [0.4, 0.5) is 5.69 Å². The summed E-state index contributed by atoms with van der Waals surface area (Å²) in [6.07, 6.45) is 1.63. The van der Waals surface area contributed by atoms with E-state index in [2.05, 4.69) is 5.32 Å². The Balaban J connectivity index is 1.38. The summed E-state index contributed by atoms with van der Waals surface area (Å²) in [5.74, 6) is 1.01. The molecular formula is C24H23ClN2O5S. The summed E-state index contributed by atoms with van der Waals surface area (Å²) in [7, 11) is -3.75. The van der Waals surface area contributed by atoms with Crippen LogP contribution in [0.15, 0.2) is 77.7 Å². The second-order valence-corrected chi connectivity index (χ2v) is 9.82. The van der Waals surface area contributed by atoms with Gasteiger partial charge in [-0.15, -0.1) is 0 Å². The van der Waals surface area contributed by atoms with Crippen molar-refractivity contribution in [3.63, 3.8) is 0 Å². The van der Waals surface area contributed by atoms with Crippen molar-refractivity contribution in [3.8, 4) is 17.2 Å². The van der Waals surface area contributed by atoms with Crippen molar-refractivity contribution in [3.05, 3.63) is 77.8 Å². The molecule has 0 aromatic heterocycles. The first-order valence-corrected chi connectivity index (χ1v) is 12.3. The van der Waals surface area contributed by atoms with Crippen LogP contribution in [0.1, 0.15) is 12.8 Å². The summed E-state index contributed by atoms with van der Waals surface area (Å²) < 4.78 is 38.7. The number of amides is 1. The number of benzene rings is 3. The molecule has 7 nitrogen and oxygen atoms in total. The lowest BCUT2D eigenvalue weighted by Crippen LogP contribution is -2.28. The van der Waals surface area contributed by atoms with E-state index in [9.17, 15) is 13.2 Å². The second-order valence-electron chi connectivity index (χ2n) is 7.48. The van der Waals surface area contributed by atoms with Gasteiger partial charge in [-0.05, 0) is 67.4 Å². The van der Waals surface area contributed by atoms with Crippen molar-refractivity contribution in [2.75, 3.05) is 25.0 Å². The third-order valence-electron chi connectivity index (χ3n) is 5.06. The van der Waals surface area contributed by atoms with E-state index in [4.69, 9.17) is 21.1 Å². The highest BCUT2D eigenvalue weighted by Crippen LogP contribution is 2.31. The second kappa shape index (κ2) is 10.2. The van der Waals surface area contributed by atoms with Crippen molar-refractivity contribution in [1.29, 1.82) is 0 Å². The molecule has 3 aromatic rings. The van der Waals surface area contributed by atoms with E-state index in [-0.39, 0.29) is 22.3 Å². The molecule has 4 rings (SSSR count). The largest absolute Gasteiger partial charge is 0.482 e. The molecule has 0 aliphatic carbocycles. The molecule has 3 aromatic carbocycles. The summed E-state index contributed by atoms with van der Waals surface area (Å²) in [6, 6.07) is 20.6. The van der Waals surface area contributed by atoms with Crippen LogP contribution in [0.3, 0.4) is 0 Å². The van der Waals surface area contributed by atoms with Crippen LogP contribution in [-0.2, 0) is 14.8 Å². The molecule has 1 aliphatic rings. The summed E-state index contributed by atoms with van der Waals surface area (Å²) in [5, 5.41) is 3.00. The van der Waals surface area contributed by atoms with Gasteiger partial charge in [-0.3, -0.25) is 4.79 Å². The average Bonchev–Trinajstić information content (AvgIpc) is 3.36. The molecule has 1 saturated heterocycles. The lowest BCUT2D eigenvalue weighted by Gasteiger charge is -2.18. The molecule has 1 aliphatic heterocycles. The van der Waals surface area contributed by atoms with Gasteiger partial charge in [0.25, 0.3) is 5.91 Å². The SMILES string of the molecule is O=C(COc1ccc(Cl)cc1S(=O)(=O)N1CCCC1)Nc1ccc(Oc2ccccc2)cc1. The van der Waals surface area contributed by atoms with E-state index in [1.54, 1.807) is 24.3 Å². The molecule has 9 heteroatoms. The van der Waals surface area contributed by atoms with Crippen molar-refractivity contribution < 1.29 is 22.7 Å². The maximum atomic E-state index is 13.0. The third-order valence-corrected chi connectivity index (χ3v) is 7.22. The molecule has 1 amide bonds. The van der Waals surface area contributed by atoms with Crippen molar-refractivity contribution in [2.24, 2.45) is 0 Å². The predicted molar refractivity (Wildman–Crippen MR) is 127 cm³/mol. The Labute approximate surface area is 197 Å². The Morgan fingerprint density at radius 3 is 2.30 bits per heavy atom. The molecule has 0 bridgehead atoms. The maximum absolute atomic E-state index is 13.0. The molecule has 1 heterocycles. The van der Waals surface area contributed by atoms with Crippen LogP contribution >= 0.6 is 11.6 Å². The summed E-state index contributed by atoms with van der Waals surface area (Å²) in [5.41, 5.74) is 0.560. The van der Waals surface area contributed by atoms with Gasteiger partial charge in [0.05, 0.1) is 0 Å². The number of sulfonamides is 1. The highest BCUT2D eigenvalue weighted by atomic mass is 35.5. The Bertz CT molecular complexity index is 1210. The van der Waals surface area contributed by atoms with Gasteiger partial charge in [-0.2, -0.15) is 4.31 Å². The van der Waals surface area contributed by atoms with Gasteiger partial charge in [0.2, 0.25) is 10.0 Å². The predicted octanol–water partition coefficient (Wildman–Crippen LogP) is 4.93. The third kappa shape index (κ3) is 5.84. The molecule has 0 spiro atoms. The van der Waals surface area contributed by atoms with Gasteiger partial charge in [0.15, 0.2) is 6.61 Å². The van der Waals surface area contributed by atoms with Gasteiger partial charge < -0.3 is 14.8 Å². The first-order valence-electron chi connectivity index (χ1n) is 10.5. The van der Waals surface area contributed by atoms with Gasteiger partial charge in [0, 0.05) is 23.8 Å². The maximum Gasteiger partial charge on any atom is 0.262 e. The number of carbonyl (C=O) groups is 1. The molecule has 0 saturated carbocycles. The fraction of sp³-hybridized carbons (Fsp3) is 0.208. The van der Waals surface area contributed by atoms with Crippen LogP contribution in [0, 0.1) is 0 Å². The quantitative estimate of drug-likeness (QED) is 0.487. The Morgan fingerprint density at radius 2 is 1.61 bits per heavy atom. The fourth-order valence-electron chi connectivity index (χ4n) is 3.44. The Kier molecular flexibility index (Phi) is 7.17. The molecule has 0 atom stereocenters. The van der Waals surface area contributed by atoms with Crippen molar-refractivity contribution in [2.45, 2.75) is 17.7 Å². The van der Waals surface area contributed by atoms with Gasteiger partial charge in [-0.1, -0.05) is 29.8 Å². The van der Waals surface area contributed by atoms with Crippen molar-refractivity contribution >= 4 is 33.2 Å². The average molecular weight is 487 g/mol. The van der Waals surface area contributed by atoms with Gasteiger partial charge in [-0.25, -0.2) is 8.42 Å². The standard InChI is InChI=1S/C24H23ClN2O5S/c25-18-8-13-22(23(16-18)33(29,30)27-14-4-5-15-27)31-17-24(28)26-19-9-11-21(12-10-19)32-20-6-2-1-3-7-20/h1-3,6-13,16H,4-5,14-15,17H2,(H,26,28). The van der Waals surface area contributed by atoms with Crippen LogP contribution < -0.4 is 14.8 Å². The number of nitrogens with one attached hydrogen (secondary N) is 1. The topological polar surface area (TPSA) is 84.9 Å². The lowest BCUT2D eigenvalue weighted by atomic mass is 10.3. The smallest absolute Gasteiger partial charge is 0.262 e. The summed E-state index contributed by atoms with van der Waals surface area (Å²) >= 11 is 6.04. The number of hydrogen-bond acceptors (Lipinski definition) is 5. The van der Waals surface area contributed by atoms with Crippen LogP contribution in [-0.4, -0.2) is 38.3 Å².